The lowest BCUT2D eigenvalue weighted by Gasteiger charge is -2.12. The summed E-state index contributed by atoms with van der Waals surface area (Å²) in [6.45, 7) is 2.32. The number of anilines is 1. The fourth-order valence-electron chi connectivity index (χ4n) is 4.07. The molecule has 0 saturated carbocycles. The number of fused-ring (bicyclic) bond motifs is 1. The molecule has 1 aromatic carbocycles. The van der Waals surface area contributed by atoms with Crippen molar-refractivity contribution >= 4 is 34.2 Å². The van der Waals surface area contributed by atoms with Crippen molar-refractivity contribution in [1.82, 2.24) is 24.7 Å². The van der Waals surface area contributed by atoms with Gasteiger partial charge < -0.3 is 30.0 Å². The molecule has 0 aliphatic carbocycles. The van der Waals surface area contributed by atoms with E-state index in [4.69, 9.17) is 36.3 Å². The molecule has 5 aromatic rings. The summed E-state index contributed by atoms with van der Waals surface area (Å²) in [6, 6.07) is 10.3. The Balaban J connectivity index is 1.36. The van der Waals surface area contributed by atoms with Crippen LogP contribution in [0, 0.1) is 0 Å². The van der Waals surface area contributed by atoms with Crippen LogP contribution < -0.4 is 30.0 Å². The highest BCUT2D eigenvalue weighted by atomic mass is 35.5. The number of pyridine rings is 3. The Morgan fingerprint density at radius 2 is 1.80 bits per heavy atom. The van der Waals surface area contributed by atoms with Gasteiger partial charge >= 0.3 is 0 Å². The molecule has 4 heterocycles. The number of nitrogens with two attached hydrogens (primary N) is 1. The van der Waals surface area contributed by atoms with E-state index in [-0.39, 0.29) is 23.8 Å². The normalized spacial score (nSPS) is 10.9. The van der Waals surface area contributed by atoms with Crippen LogP contribution in [-0.4, -0.2) is 51.5 Å². The summed E-state index contributed by atoms with van der Waals surface area (Å²) in [7, 11) is 3.12. The largest absolute Gasteiger partial charge is 0.493 e. The molecule has 5 rings (SSSR count). The number of aromatic nitrogens is 5. The minimum Gasteiger partial charge on any atom is -0.493 e. The molecule has 0 spiro atoms. The molecule has 0 saturated heterocycles. The molecule has 0 radical (unpaired) electrons. The number of benzene rings is 1. The summed E-state index contributed by atoms with van der Waals surface area (Å²) in [4.78, 5) is 26.2. The lowest BCUT2D eigenvalue weighted by atomic mass is 10.2. The Morgan fingerprint density at radius 1 is 1.00 bits per heavy atom. The van der Waals surface area contributed by atoms with Gasteiger partial charge in [-0.3, -0.25) is 9.78 Å². The number of methoxy groups -OCH3 is 2. The predicted octanol–water partition coefficient (Wildman–Crippen LogP) is 4.78. The van der Waals surface area contributed by atoms with Crippen LogP contribution in [0.1, 0.15) is 23.0 Å². The highest BCUT2D eigenvalue weighted by Gasteiger charge is 2.21. The molecule has 210 valence electrons. The van der Waals surface area contributed by atoms with Gasteiger partial charge in [-0.05, 0) is 37.3 Å². The lowest BCUT2D eigenvalue weighted by Crippen LogP contribution is -2.15. The maximum atomic E-state index is 13.2. The second kappa shape index (κ2) is 12.1. The molecule has 0 unspecified atom stereocenters. The molecular weight excluding hydrogens is 550 g/mol. The highest BCUT2D eigenvalue weighted by molar-refractivity contribution is 6.30. The van der Waals surface area contributed by atoms with Crippen LogP contribution >= 0.6 is 11.6 Å². The molecule has 3 N–H and O–H groups in total. The van der Waals surface area contributed by atoms with Gasteiger partial charge in [-0.1, -0.05) is 11.6 Å². The van der Waals surface area contributed by atoms with E-state index in [1.54, 1.807) is 63.0 Å². The first-order valence-electron chi connectivity index (χ1n) is 12.5. The number of nitrogens with zero attached hydrogens (tertiary/aromatic N) is 5. The Bertz CT molecular complexity index is 1710. The summed E-state index contributed by atoms with van der Waals surface area (Å²) in [5.74, 6) is 2.61. The number of carbonyl (C=O) groups excluding carboxylic acids is 1. The van der Waals surface area contributed by atoms with Gasteiger partial charge in [0.15, 0.2) is 28.8 Å². The lowest BCUT2D eigenvalue weighted by molar-refractivity contribution is 0.101. The number of carbonyl (C=O) groups is 1. The Labute approximate surface area is 240 Å². The van der Waals surface area contributed by atoms with Crippen molar-refractivity contribution in [2.75, 3.05) is 26.1 Å². The van der Waals surface area contributed by atoms with Gasteiger partial charge in [-0.2, -0.15) is 5.10 Å². The van der Waals surface area contributed by atoms with Gasteiger partial charge in [-0.15, -0.1) is 0 Å². The molecular formula is C28H26ClN7O5. The van der Waals surface area contributed by atoms with Crippen LogP contribution in [0.5, 0.6) is 28.7 Å². The standard InChI is InChI=1S/C28H26ClN7O5/c1-4-40-24-15-36(27-16(12-30)9-17(29)13-33-27)35-26(24)28(37)34-25-6-5-18(14-32-25)41-21-7-8-31-20-11-23(39-3)22(38-2)10-19(20)21/h5-11,13-15H,4,12,30H2,1-3H3,(H,32,34,37). The molecule has 12 nitrogen and oxygen atoms in total. The summed E-state index contributed by atoms with van der Waals surface area (Å²) >= 11 is 6.05. The molecule has 13 heteroatoms. The molecule has 1 amide bonds. The van der Waals surface area contributed by atoms with Crippen molar-refractivity contribution in [2.24, 2.45) is 5.73 Å². The Kier molecular flexibility index (Phi) is 8.13. The monoisotopic (exact) mass is 575 g/mol. The number of nitrogens with one attached hydrogen (secondary N) is 1. The number of hydrogen-bond acceptors (Lipinski definition) is 10. The van der Waals surface area contributed by atoms with Gasteiger partial charge in [-0.25, -0.2) is 14.6 Å². The average Bonchev–Trinajstić information content (AvgIpc) is 3.41. The molecule has 41 heavy (non-hydrogen) atoms. The SMILES string of the molecule is CCOc1cn(-c2ncc(Cl)cc2CN)nc1C(=O)Nc1ccc(Oc2ccnc3cc(OC)c(OC)cc23)cn1. The Hall–Kier alpha value is -4.94. The minimum atomic E-state index is -0.516. The van der Waals surface area contributed by atoms with Gasteiger partial charge in [0, 0.05) is 36.0 Å². The summed E-state index contributed by atoms with van der Waals surface area (Å²) in [5, 5.41) is 8.32. The molecule has 0 bridgehead atoms. The van der Waals surface area contributed by atoms with Gasteiger partial charge in [0.05, 0.1) is 43.8 Å². The maximum absolute atomic E-state index is 13.2. The zero-order valence-electron chi connectivity index (χ0n) is 22.4. The quantitative estimate of drug-likeness (QED) is 0.238. The van der Waals surface area contributed by atoms with E-state index in [9.17, 15) is 4.79 Å². The summed E-state index contributed by atoms with van der Waals surface area (Å²) < 4.78 is 23.9. The third-order valence-corrected chi connectivity index (χ3v) is 6.16. The average molecular weight is 576 g/mol. The Morgan fingerprint density at radius 3 is 2.51 bits per heavy atom. The first kappa shape index (κ1) is 27.6. The molecule has 0 aliphatic heterocycles. The first-order valence-corrected chi connectivity index (χ1v) is 12.8. The van der Waals surface area contributed by atoms with E-state index in [1.165, 1.54) is 17.1 Å². The van der Waals surface area contributed by atoms with Gasteiger partial charge in [0.25, 0.3) is 5.91 Å². The van der Waals surface area contributed by atoms with Crippen molar-refractivity contribution in [1.29, 1.82) is 0 Å². The zero-order chi connectivity index (χ0) is 28.9. The third kappa shape index (κ3) is 5.83. The predicted molar refractivity (Wildman–Crippen MR) is 153 cm³/mol. The fourth-order valence-corrected chi connectivity index (χ4v) is 4.25. The van der Waals surface area contributed by atoms with Crippen molar-refractivity contribution in [2.45, 2.75) is 13.5 Å². The van der Waals surface area contributed by atoms with Crippen LogP contribution in [0.2, 0.25) is 5.02 Å². The maximum Gasteiger partial charge on any atom is 0.281 e. The van der Waals surface area contributed by atoms with Crippen molar-refractivity contribution < 1.29 is 23.7 Å². The van der Waals surface area contributed by atoms with Crippen LogP contribution in [0.15, 0.2) is 61.2 Å². The molecule has 4 aromatic heterocycles. The van der Waals surface area contributed by atoms with E-state index < -0.39 is 5.91 Å². The van der Waals surface area contributed by atoms with E-state index in [0.29, 0.717) is 51.5 Å². The molecule has 0 atom stereocenters. The molecule has 0 fully saturated rings. The van der Waals surface area contributed by atoms with Crippen molar-refractivity contribution in [3.05, 3.63) is 77.5 Å². The van der Waals surface area contributed by atoms with E-state index in [2.05, 4.69) is 25.4 Å². The number of halogens is 1. The molecule has 0 aliphatic rings. The summed E-state index contributed by atoms with van der Waals surface area (Å²) in [5.41, 5.74) is 7.24. The number of hydrogen-bond donors (Lipinski definition) is 2. The second-order valence-corrected chi connectivity index (χ2v) is 8.97. The van der Waals surface area contributed by atoms with Crippen LogP contribution in [0.3, 0.4) is 0 Å². The van der Waals surface area contributed by atoms with Crippen molar-refractivity contribution in [3.8, 4) is 34.6 Å². The number of ether oxygens (including phenoxy) is 4. The van der Waals surface area contributed by atoms with E-state index >= 15 is 0 Å². The van der Waals surface area contributed by atoms with Crippen LogP contribution in [-0.2, 0) is 6.54 Å². The third-order valence-electron chi connectivity index (χ3n) is 5.95. The minimum absolute atomic E-state index is 0.0568. The van der Waals surface area contributed by atoms with Crippen LogP contribution in [0.4, 0.5) is 5.82 Å². The summed E-state index contributed by atoms with van der Waals surface area (Å²) in [6.07, 6.45) is 6.18. The van der Waals surface area contributed by atoms with Crippen LogP contribution in [0.25, 0.3) is 16.7 Å². The fraction of sp³-hybridized carbons (Fsp3) is 0.179. The highest BCUT2D eigenvalue weighted by Crippen LogP contribution is 2.37. The second-order valence-electron chi connectivity index (χ2n) is 8.53. The number of rotatable bonds is 10. The first-order chi connectivity index (χ1) is 19.9. The zero-order valence-corrected chi connectivity index (χ0v) is 23.2. The van der Waals surface area contributed by atoms with E-state index in [1.807, 2.05) is 6.92 Å². The van der Waals surface area contributed by atoms with Gasteiger partial charge in [0.1, 0.15) is 17.3 Å². The topological polar surface area (TPSA) is 149 Å². The van der Waals surface area contributed by atoms with E-state index in [0.717, 1.165) is 5.39 Å². The smallest absolute Gasteiger partial charge is 0.281 e. The van der Waals surface area contributed by atoms with Gasteiger partial charge in [0.2, 0.25) is 0 Å². The van der Waals surface area contributed by atoms with Crippen molar-refractivity contribution in [3.63, 3.8) is 0 Å². The number of amides is 1.